The largest absolute Gasteiger partial charge is 0.457 e. The van der Waals surface area contributed by atoms with Gasteiger partial charge in [0.1, 0.15) is 11.5 Å². The SMILES string of the molecule is COCCn1c(=NC(=O)c2cccc(Oc3ccccc3)c2)sc2c(C)cc(C)cc21. The number of carbonyl (C=O) groups excluding carboxylic acids is 1. The monoisotopic (exact) mass is 432 g/mol. The van der Waals surface area contributed by atoms with Crippen molar-refractivity contribution in [2.24, 2.45) is 4.99 Å². The van der Waals surface area contributed by atoms with Gasteiger partial charge in [0, 0.05) is 19.2 Å². The Morgan fingerprint density at radius 2 is 1.77 bits per heavy atom. The number of rotatable bonds is 6. The Bertz CT molecular complexity index is 1290. The predicted molar refractivity (Wildman–Crippen MR) is 124 cm³/mol. The van der Waals surface area contributed by atoms with Gasteiger partial charge < -0.3 is 14.0 Å². The van der Waals surface area contributed by atoms with Crippen LogP contribution < -0.4 is 9.54 Å². The number of para-hydroxylation sites is 1. The van der Waals surface area contributed by atoms with Gasteiger partial charge >= 0.3 is 0 Å². The van der Waals surface area contributed by atoms with Crippen molar-refractivity contribution in [1.82, 2.24) is 4.57 Å². The molecule has 0 aliphatic rings. The Kier molecular flexibility index (Phi) is 6.30. The van der Waals surface area contributed by atoms with E-state index in [0.29, 0.717) is 29.3 Å². The van der Waals surface area contributed by atoms with Gasteiger partial charge in [-0.3, -0.25) is 4.79 Å². The van der Waals surface area contributed by atoms with E-state index in [1.54, 1.807) is 25.3 Å². The lowest BCUT2D eigenvalue weighted by atomic mass is 10.1. The molecule has 1 aromatic heterocycles. The van der Waals surface area contributed by atoms with E-state index in [0.717, 1.165) is 16.0 Å². The van der Waals surface area contributed by atoms with Gasteiger partial charge in [0.05, 0.1) is 16.8 Å². The van der Waals surface area contributed by atoms with E-state index >= 15 is 0 Å². The zero-order valence-corrected chi connectivity index (χ0v) is 18.6. The maximum Gasteiger partial charge on any atom is 0.279 e. The van der Waals surface area contributed by atoms with Crippen molar-refractivity contribution in [2.45, 2.75) is 20.4 Å². The molecule has 3 aromatic carbocycles. The minimum Gasteiger partial charge on any atom is -0.457 e. The summed E-state index contributed by atoms with van der Waals surface area (Å²) in [5, 5.41) is 0. The zero-order valence-electron chi connectivity index (χ0n) is 17.8. The summed E-state index contributed by atoms with van der Waals surface area (Å²) in [7, 11) is 1.67. The van der Waals surface area contributed by atoms with E-state index in [4.69, 9.17) is 9.47 Å². The smallest absolute Gasteiger partial charge is 0.279 e. The number of amides is 1. The predicted octanol–water partition coefficient (Wildman–Crippen LogP) is 5.50. The summed E-state index contributed by atoms with van der Waals surface area (Å²) in [5.74, 6) is 1.02. The number of aryl methyl sites for hydroxylation is 2. The van der Waals surface area contributed by atoms with E-state index in [9.17, 15) is 4.79 Å². The first-order valence-corrected chi connectivity index (χ1v) is 10.9. The van der Waals surface area contributed by atoms with Crippen molar-refractivity contribution in [3.8, 4) is 11.5 Å². The molecule has 0 fully saturated rings. The van der Waals surface area contributed by atoms with Crippen molar-refractivity contribution >= 4 is 27.5 Å². The molecule has 5 nitrogen and oxygen atoms in total. The Balaban J connectivity index is 1.72. The van der Waals surface area contributed by atoms with E-state index in [1.165, 1.54) is 22.5 Å². The number of ether oxygens (including phenoxy) is 2. The molecular formula is C25H24N2O3S. The zero-order chi connectivity index (χ0) is 21.8. The molecule has 4 aromatic rings. The Morgan fingerprint density at radius 3 is 2.55 bits per heavy atom. The van der Waals surface area contributed by atoms with Crippen LogP contribution in [-0.4, -0.2) is 24.2 Å². The molecule has 1 heterocycles. The van der Waals surface area contributed by atoms with E-state index in [-0.39, 0.29) is 5.91 Å². The van der Waals surface area contributed by atoms with Crippen LogP contribution in [0, 0.1) is 13.8 Å². The van der Waals surface area contributed by atoms with Crippen LogP contribution in [0.2, 0.25) is 0 Å². The minimum absolute atomic E-state index is 0.300. The van der Waals surface area contributed by atoms with Crippen LogP contribution >= 0.6 is 11.3 Å². The van der Waals surface area contributed by atoms with Gasteiger partial charge in [-0.1, -0.05) is 41.7 Å². The molecule has 0 N–H and O–H groups in total. The van der Waals surface area contributed by atoms with E-state index in [2.05, 4.69) is 35.5 Å². The van der Waals surface area contributed by atoms with Crippen molar-refractivity contribution in [3.05, 3.63) is 88.2 Å². The van der Waals surface area contributed by atoms with Gasteiger partial charge in [0.25, 0.3) is 5.91 Å². The molecule has 158 valence electrons. The number of nitrogens with zero attached hydrogens (tertiary/aromatic N) is 2. The molecular weight excluding hydrogens is 408 g/mol. The highest BCUT2D eigenvalue weighted by Crippen LogP contribution is 2.24. The Morgan fingerprint density at radius 1 is 1.00 bits per heavy atom. The average Bonchev–Trinajstić information content (AvgIpc) is 3.10. The Hall–Kier alpha value is -3.22. The number of aromatic nitrogens is 1. The third kappa shape index (κ3) is 4.76. The molecule has 0 unspecified atom stereocenters. The number of thiazole rings is 1. The van der Waals surface area contributed by atoms with Crippen LogP contribution in [-0.2, 0) is 11.3 Å². The summed E-state index contributed by atoms with van der Waals surface area (Å²) in [6, 6.07) is 20.9. The summed E-state index contributed by atoms with van der Waals surface area (Å²) >= 11 is 1.53. The highest BCUT2D eigenvalue weighted by atomic mass is 32.1. The molecule has 0 saturated carbocycles. The number of hydrogen-bond donors (Lipinski definition) is 0. The molecule has 4 rings (SSSR count). The third-order valence-corrected chi connectivity index (χ3v) is 6.12. The average molecular weight is 433 g/mol. The second-order valence-corrected chi connectivity index (χ2v) is 8.30. The number of carbonyl (C=O) groups is 1. The maximum atomic E-state index is 13.0. The van der Waals surface area contributed by atoms with Gasteiger partial charge in [-0.05, 0) is 61.4 Å². The standard InChI is InChI=1S/C25H24N2O3S/c1-17-14-18(2)23-22(15-17)27(12-13-29-3)25(31-23)26-24(28)19-8-7-11-21(16-19)30-20-9-5-4-6-10-20/h4-11,14-16H,12-13H2,1-3H3. The normalized spacial score (nSPS) is 11.8. The Labute approximate surface area is 185 Å². The topological polar surface area (TPSA) is 52.8 Å². The first kappa shape index (κ1) is 21.0. The fraction of sp³-hybridized carbons (Fsp3) is 0.200. The van der Waals surface area contributed by atoms with Crippen molar-refractivity contribution in [2.75, 3.05) is 13.7 Å². The second-order valence-electron chi connectivity index (χ2n) is 7.32. The molecule has 0 aliphatic carbocycles. The lowest BCUT2D eigenvalue weighted by Crippen LogP contribution is -2.19. The third-order valence-electron chi connectivity index (χ3n) is 4.89. The number of methoxy groups -OCH3 is 1. The summed E-state index contributed by atoms with van der Waals surface area (Å²) in [6.45, 7) is 5.33. The quantitative estimate of drug-likeness (QED) is 0.404. The fourth-order valence-electron chi connectivity index (χ4n) is 3.47. The summed E-state index contributed by atoms with van der Waals surface area (Å²) in [6.07, 6.45) is 0. The van der Waals surface area contributed by atoms with Crippen LogP contribution in [0.4, 0.5) is 0 Å². The number of fused-ring (bicyclic) bond motifs is 1. The summed E-state index contributed by atoms with van der Waals surface area (Å²) in [5.41, 5.74) is 3.92. The molecule has 0 spiro atoms. The van der Waals surface area contributed by atoms with E-state index < -0.39 is 0 Å². The summed E-state index contributed by atoms with van der Waals surface area (Å²) in [4.78, 5) is 18.1. The van der Waals surface area contributed by atoms with Crippen LogP contribution in [0.3, 0.4) is 0 Å². The molecule has 1 amide bonds. The lowest BCUT2D eigenvalue weighted by molar-refractivity contribution is 0.0997. The molecule has 0 aliphatic heterocycles. The van der Waals surface area contributed by atoms with Crippen LogP contribution in [0.25, 0.3) is 10.2 Å². The van der Waals surface area contributed by atoms with Gasteiger partial charge in [0.2, 0.25) is 0 Å². The van der Waals surface area contributed by atoms with Crippen molar-refractivity contribution in [1.29, 1.82) is 0 Å². The molecule has 0 bridgehead atoms. The molecule has 0 radical (unpaired) electrons. The number of benzene rings is 3. The fourth-order valence-corrected chi connectivity index (χ4v) is 4.57. The van der Waals surface area contributed by atoms with Crippen LogP contribution in [0.1, 0.15) is 21.5 Å². The molecule has 31 heavy (non-hydrogen) atoms. The van der Waals surface area contributed by atoms with Gasteiger partial charge in [-0.2, -0.15) is 4.99 Å². The van der Waals surface area contributed by atoms with Crippen LogP contribution in [0.15, 0.2) is 71.7 Å². The molecule has 0 atom stereocenters. The van der Waals surface area contributed by atoms with Crippen LogP contribution in [0.5, 0.6) is 11.5 Å². The van der Waals surface area contributed by atoms with Gasteiger partial charge in [-0.15, -0.1) is 0 Å². The minimum atomic E-state index is -0.300. The summed E-state index contributed by atoms with van der Waals surface area (Å²) < 4.78 is 14.3. The molecule has 0 saturated heterocycles. The first-order chi connectivity index (χ1) is 15.0. The maximum absolute atomic E-state index is 13.0. The number of hydrogen-bond acceptors (Lipinski definition) is 4. The first-order valence-electron chi connectivity index (χ1n) is 10.1. The van der Waals surface area contributed by atoms with E-state index in [1.807, 2.05) is 36.4 Å². The van der Waals surface area contributed by atoms with Crippen molar-refractivity contribution in [3.63, 3.8) is 0 Å². The van der Waals surface area contributed by atoms with Crippen molar-refractivity contribution < 1.29 is 14.3 Å². The lowest BCUT2D eigenvalue weighted by Gasteiger charge is -2.07. The second kappa shape index (κ2) is 9.29. The molecule has 6 heteroatoms. The van der Waals surface area contributed by atoms with Gasteiger partial charge in [-0.25, -0.2) is 0 Å². The van der Waals surface area contributed by atoms with Gasteiger partial charge in [0.15, 0.2) is 4.80 Å². The highest BCUT2D eigenvalue weighted by molar-refractivity contribution is 7.16. The highest BCUT2D eigenvalue weighted by Gasteiger charge is 2.12.